The Morgan fingerprint density at radius 3 is 1.95 bits per heavy atom. The van der Waals surface area contributed by atoms with Gasteiger partial charge in [0.2, 0.25) is 0 Å². The van der Waals surface area contributed by atoms with Gasteiger partial charge in [0.05, 0.1) is 0 Å². The van der Waals surface area contributed by atoms with Crippen LogP contribution in [0, 0.1) is 17.5 Å². The normalized spacial score (nSPS) is 16.1. The summed E-state index contributed by atoms with van der Waals surface area (Å²) in [4.78, 5) is 0. The molecule has 0 unspecified atom stereocenters. The Bertz CT molecular complexity index is 608. The van der Waals surface area contributed by atoms with Crippen molar-refractivity contribution in [3.8, 4) is 11.1 Å². The van der Waals surface area contributed by atoms with Crippen LogP contribution in [-0.4, -0.2) is 13.2 Å². The summed E-state index contributed by atoms with van der Waals surface area (Å²) in [6.45, 7) is 1.53. The summed E-state index contributed by atoms with van der Waals surface area (Å²) in [5, 5.41) is 0. The van der Waals surface area contributed by atoms with Crippen molar-refractivity contribution in [3.63, 3.8) is 0 Å². The zero-order valence-corrected chi connectivity index (χ0v) is 11.4. The first kappa shape index (κ1) is 14.1. The number of benzene rings is 2. The van der Waals surface area contributed by atoms with Crippen LogP contribution in [0.2, 0.25) is 0 Å². The fraction of sp³-hybridized carbons (Fsp3) is 0.294. The highest BCUT2D eigenvalue weighted by molar-refractivity contribution is 5.64. The molecule has 1 nitrogen and oxygen atoms in total. The smallest absolute Gasteiger partial charge is 0.194 e. The Hall–Kier alpha value is -1.81. The summed E-state index contributed by atoms with van der Waals surface area (Å²) in [7, 11) is 0. The van der Waals surface area contributed by atoms with Gasteiger partial charge >= 0.3 is 0 Å². The van der Waals surface area contributed by atoms with Crippen molar-refractivity contribution in [3.05, 3.63) is 59.4 Å². The lowest BCUT2D eigenvalue weighted by atomic mass is 9.90. The Morgan fingerprint density at radius 1 is 0.810 bits per heavy atom. The molecule has 0 radical (unpaired) electrons. The minimum atomic E-state index is -1.43. The fourth-order valence-electron chi connectivity index (χ4n) is 2.70. The molecule has 1 fully saturated rings. The number of rotatable bonds is 2. The van der Waals surface area contributed by atoms with Crippen LogP contribution in [0.25, 0.3) is 11.1 Å². The molecule has 21 heavy (non-hydrogen) atoms. The van der Waals surface area contributed by atoms with Crippen LogP contribution < -0.4 is 0 Å². The van der Waals surface area contributed by atoms with Crippen molar-refractivity contribution in [2.75, 3.05) is 13.2 Å². The van der Waals surface area contributed by atoms with Gasteiger partial charge in [-0.05, 0) is 47.6 Å². The summed E-state index contributed by atoms with van der Waals surface area (Å²) in [5.74, 6) is -3.30. The van der Waals surface area contributed by atoms with E-state index in [0.29, 0.717) is 17.0 Å². The molecule has 4 heteroatoms. The van der Waals surface area contributed by atoms with Gasteiger partial charge in [-0.25, -0.2) is 13.2 Å². The molecule has 0 N–H and O–H groups in total. The Labute approximate surface area is 121 Å². The van der Waals surface area contributed by atoms with Crippen molar-refractivity contribution in [2.24, 2.45) is 0 Å². The van der Waals surface area contributed by atoms with Gasteiger partial charge < -0.3 is 4.74 Å². The van der Waals surface area contributed by atoms with Crippen LogP contribution in [0.1, 0.15) is 24.3 Å². The second-order valence-corrected chi connectivity index (χ2v) is 5.26. The van der Waals surface area contributed by atoms with Crippen molar-refractivity contribution >= 4 is 0 Å². The fourth-order valence-corrected chi connectivity index (χ4v) is 2.70. The number of ether oxygens (including phenoxy) is 1. The van der Waals surface area contributed by atoms with E-state index in [1.165, 1.54) is 5.56 Å². The predicted octanol–water partition coefficient (Wildman–Crippen LogP) is 4.66. The monoisotopic (exact) mass is 292 g/mol. The number of hydrogen-bond donors (Lipinski definition) is 0. The minimum absolute atomic E-state index is 0.338. The Kier molecular flexibility index (Phi) is 3.97. The van der Waals surface area contributed by atoms with E-state index in [2.05, 4.69) is 0 Å². The average molecular weight is 292 g/mol. The first-order valence-electron chi connectivity index (χ1n) is 6.98. The highest BCUT2D eigenvalue weighted by Gasteiger charge is 2.16. The maximum absolute atomic E-state index is 13.3. The molecule has 1 saturated heterocycles. The third-order valence-electron chi connectivity index (χ3n) is 3.92. The highest BCUT2D eigenvalue weighted by Crippen LogP contribution is 2.29. The molecule has 0 spiro atoms. The Balaban J connectivity index is 1.87. The summed E-state index contributed by atoms with van der Waals surface area (Å²) < 4.78 is 44.8. The summed E-state index contributed by atoms with van der Waals surface area (Å²) >= 11 is 0. The van der Waals surface area contributed by atoms with Crippen LogP contribution in [-0.2, 0) is 4.74 Å². The molecule has 2 aromatic carbocycles. The molecular weight excluding hydrogens is 277 g/mol. The lowest BCUT2D eigenvalue weighted by Gasteiger charge is -2.22. The zero-order chi connectivity index (χ0) is 14.8. The number of hydrogen-bond acceptors (Lipinski definition) is 1. The quantitative estimate of drug-likeness (QED) is 0.731. The molecule has 0 aliphatic carbocycles. The molecule has 0 saturated carbocycles. The van der Waals surface area contributed by atoms with E-state index < -0.39 is 17.5 Å². The van der Waals surface area contributed by atoms with E-state index in [1.807, 2.05) is 24.3 Å². The molecule has 1 aliphatic heterocycles. The predicted molar refractivity (Wildman–Crippen MR) is 74.5 cm³/mol. The molecule has 110 valence electrons. The second kappa shape index (κ2) is 5.90. The molecule has 1 heterocycles. The van der Waals surface area contributed by atoms with E-state index in [-0.39, 0.29) is 0 Å². The van der Waals surface area contributed by atoms with Crippen molar-refractivity contribution < 1.29 is 17.9 Å². The van der Waals surface area contributed by atoms with Crippen LogP contribution in [0.4, 0.5) is 13.2 Å². The van der Waals surface area contributed by atoms with E-state index in [9.17, 15) is 13.2 Å². The maximum atomic E-state index is 13.3. The van der Waals surface area contributed by atoms with Crippen LogP contribution in [0.3, 0.4) is 0 Å². The van der Waals surface area contributed by atoms with Crippen LogP contribution >= 0.6 is 0 Å². The summed E-state index contributed by atoms with van der Waals surface area (Å²) in [6, 6.07) is 9.59. The lowest BCUT2D eigenvalue weighted by Crippen LogP contribution is -2.13. The average Bonchev–Trinajstić information content (AvgIpc) is 2.53. The highest BCUT2D eigenvalue weighted by atomic mass is 19.2. The first-order valence-corrected chi connectivity index (χ1v) is 6.98. The van der Waals surface area contributed by atoms with E-state index in [4.69, 9.17) is 4.74 Å². The Morgan fingerprint density at radius 2 is 1.38 bits per heavy atom. The van der Waals surface area contributed by atoms with Gasteiger partial charge in [-0.15, -0.1) is 0 Å². The molecule has 1 aliphatic rings. The largest absolute Gasteiger partial charge is 0.381 e. The van der Waals surface area contributed by atoms with Gasteiger partial charge in [-0.2, -0.15) is 0 Å². The van der Waals surface area contributed by atoms with Gasteiger partial charge in [-0.1, -0.05) is 24.3 Å². The third kappa shape index (κ3) is 2.95. The van der Waals surface area contributed by atoms with Gasteiger partial charge in [0.25, 0.3) is 0 Å². The topological polar surface area (TPSA) is 9.23 Å². The minimum Gasteiger partial charge on any atom is -0.381 e. The maximum Gasteiger partial charge on any atom is 0.194 e. The molecular formula is C17H15F3O. The summed E-state index contributed by atoms with van der Waals surface area (Å²) in [5.41, 5.74) is 2.21. The molecule has 0 amide bonds. The molecule has 0 bridgehead atoms. The van der Waals surface area contributed by atoms with E-state index in [0.717, 1.165) is 38.2 Å². The molecule has 0 atom stereocenters. The third-order valence-corrected chi connectivity index (χ3v) is 3.92. The lowest BCUT2D eigenvalue weighted by molar-refractivity contribution is 0.0853. The molecule has 0 aromatic heterocycles. The molecule has 2 aromatic rings. The zero-order valence-electron chi connectivity index (χ0n) is 11.4. The van der Waals surface area contributed by atoms with Gasteiger partial charge in [-0.3, -0.25) is 0 Å². The SMILES string of the molecule is Fc1cc(-c2ccc(C3CCOCC3)cc2)cc(F)c1F. The second-order valence-electron chi connectivity index (χ2n) is 5.26. The number of halogens is 3. The van der Waals surface area contributed by atoms with Gasteiger partial charge in [0.15, 0.2) is 17.5 Å². The molecule has 3 rings (SSSR count). The van der Waals surface area contributed by atoms with E-state index >= 15 is 0 Å². The van der Waals surface area contributed by atoms with Crippen molar-refractivity contribution in [1.29, 1.82) is 0 Å². The summed E-state index contributed by atoms with van der Waals surface area (Å²) in [6.07, 6.45) is 1.97. The van der Waals surface area contributed by atoms with E-state index in [1.54, 1.807) is 0 Å². The van der Waals surface area contributed by atoms with Crippen LogP contribution in [0.5, 0.6) is 0 Å². The van der Waals surface area contributed by atoms with Crippen LogP contribution in [0.15, 0.2) is 36.4 Å². The van der Waals surface area contributed by atoms with Gasteiger partial charge in [0.1, 0.15) is 0 Å². The van der Waals surface area contributed by atoms with Gasteiger partial charge in [0, 0.05) is 13.2 Å². The standard InChI is InChI=1S/C17H15F3O/c18-15-9-14(10-16(19)17(15)20)12-3-1-11(2-4-12)13-5-7-21-8-6-13/h1-4,9-10,13H,5-8H2. The first-order chi connectivity index (χ1) is 10.1. The van der Waals surface area contributed by atoms with Crippen molar-refractivity contribution in [2.45, 2.75) is 18.8 Å². The van der Waals surface area contributed by atoms with Crippen molar-refractivity contribution in [1.82, 2.24) is 0 Å².